The van der Waals surface area contributed by atoms with Crippen molar-refractivity contribution >= 4 is 5.91 Å². The molecule has 0 fully saturated rings. The fourth-order valence-electron chi connectivity index (χ4n) is 1.68. The lowest BCUT2D eigenvalue weighted by Gasteiger charge is -2.23. The molecule has 0 aliphatic rings. The highest BCUT2D eigenvalue weighted by Gasteiger charge is 2.38. The smallest absolute Gasteiger partial charge is 0.344 e. The van der Waals surface area contributed by atoms with Crippen molar-refractivity contribution in [3.63, 3.8) is 0 Å². The van der Waals surface area contributed by atoms with E-state index in [1.54, 1.807) is 12.1 Å². The van der Waals surface area contributed by atoms with E-state index in [4.69, 9.17) is 0 Å². The first-order valence-corrected chi connectivity index (χ1v) is 5.56. The normalized spacial score (nSPS) is 12.3. The Bertz CT molecular complexity index is 433. The van der Waals surface area contributed by atoms with Crippen molar-refractivity contribution in [1.82, 2.24) is 5.32 Å². The van der Waals surface area contributed by atoms with Gasteiger partial charge in [0.25, 0.3) is 0 Å². The van der Waals surface area contributed by atoms with E-state index in [1.807, 2.05) is 38.2 Å². The van der Waals surface area contributed by atoms with Crippen LogP contribution in [0, 0.1) is 0 Å². The number of hydrogen-bond donors (Lipinski definition) is 1. The summed E-state index contributed by atoms with van der Waals surface area (Å²) in [6, 6.07) is 7.15. The molecule has 0 saturated carbocycles. The van der Waals surface area contributed by atoms with Crippen LogP contribution < -0.4 is 5.32 Å². The Hall–Kier alpha value is -1.52. The van der Waals surface area contributed by atoms with E-state index in [-0.39, 0.29) is 12.0 Å². The van der Waals surface area contributed by atoms with E-state index in [1.165, 1.54) is 0 Å². The molecule has 0 unspecified atom stereocenters. The fourth-order valence-corrected chi connectivity index (χ4v) is 1.68. The predicted molar refractivity (Wildman–Crippen MR) is 63.0 cm³/mol. The number of carbonyl (C=O) groups is 1. The molecule has 0 saturated heterocycles. The van der Waals surface area contributed by atoms with Crippen LogP contribution in [0.3, 0.4) is 0 Å². The van der Waals surface area contributed by atoms with Crippen molar-refractivity contribution in [1.29, 1.82) is 0 Å². The lowest BCUT2D eigenvalue weighted by atomic mass is 9.84. The third kappa shape index (κ3) is 3.75. The summed E-state index contributed by atoms with van der Waals surface area (Å²) in [5.74, 6) is -1.91. The Labute approximate surface area is 104 Å². The molecule has 0 atom stereocenters. The van der Waals surface area contributed by atoms with Gasteiger partial charge in [-0.15, -0.1) is 0 Å². The van der Waals surface area contributed by atoms with Gasteiger partial charge in [0, 0.05) is 6.54 Å². The van der Waals surface area contributed by atoms with E-state index >= 15 is 0 Å². The van der Waals surface area contributed by atoms with Crippen molar-refractivity contribution in [2.45, 2.75) is 38.9 Å². The zero-order chi connectivity index (χ0) is 14.0. The maximum Gasteiger partial charge on any atom is 0.471 e. The largest absolute Gasteiger partial charge is 0.471 e. The van der Waals surface area contributed by atoms with Crippen LogP contribution in [0.2, 0.25) is 0 Å². The van der Waals surface area contributed by atoms with E-state index in [9.17, 15) is 18.0 Å². The molecule has 0 spiro atoms. The summed E-state index contributed by atoms with van der Waals surface area (Å²) in [5, 5.41) is 1.89. The third-order valence-electron chi connectivity index (χ3n) is 2.52. The number of amides is 1. The predicted octanol–water partition coefficient (Wildman–Crippen LogP) is 3.16. The van der Waals surface area contributed by atoms with Gasteiger partial charge in [-0.1, -0.05) is 45.0 Å². The van der Waals surface area contributed by atoms with Crippen molar-refractivity contribution in [2.75, 3.05) is 0 Å². The number of rotatable bonds is 2. The highest BCUT2D eigenvalue weighted by Crippen LogP contribution is 2.25. The van der Waals surface area contributed by atoms with Crippen LogP contribution in [0.4, 0.5) is 13.2 Å². The van der Waals surface area contributed by atoms with Gasteiger partial charge in [-0.05, 0) is 16.5 Å². The lowest BCUT2D eigenvalue weighted by Crippen LogP contribution is -2.36. The number of hydrogen-bond acceptors (Lipinski definition) is 1. The van der Waals surface area contributed by atoms with E-state index in [0.29, 0.717) is 5.56 Å². The molecule has 5 heteroatoms. The van der Waals surface area contributed by atoms with Crippen LogP contribution in [0.15, 0.2) is 24.3 Å². The van der Waals surface area contributed by atoms with Crippen LogP contribution in [0.5, 0.6) is 0 Å². The fraction of sp³-hybridized carbons (Fsp3) is 0.462. The molecule has 1 rings (SSSR count). The first kappa shape index (κ1) is 14.5. The summed E-state index contributed by atoms with van der Waals surface area (Å²) in [6.07, 6.45) is -4.84. The average Bonchev–Trinajstić information content (AvgIpc) is 2.23. The minimum absolute atomic E-state index is 0.119. The number of alkyl halides is 3. The second kappa shape index (κ2) is 5.00. The molecule has 0 bridgehead atoms. The summed E-state index contributed by atoms with van der Waals surface area (Å²) in [7, 11) is 0. The van der Waals surface area contributed by atoms with Gasteiger partial charge < -0.3 is 5.32 Å². The van der Waals surface area contributed by atoms with Gasteiger partial charge in [-0.3, -0.25) is 4.79 Å². The molecular formula is C13H16F3NO. The maximum absolute atomic E-state index is 12.1. The summed E-state index contributed by atoms with van der Waals surface area (Å²) < 4.78 is 36.2. The molecule has 1 aromatic rings. The van der Waals surface area contributed by atoms with Crippen molar-refractivity contribution < 1.29 is 18.0 Å². The Balaban J connectivity index is 2.84. The van der Waals surface area contributed by atoms with Gasteiger partial charge in [0.1, 0.15) is 0 Å². The van der Waals surface area contributed by atoms with Crippen LogP contribution in [-0.4, -0.2) is 12.1 Å². The van der Waals surface area contributed by atoms with Crippen molar-refractivity contribution in [3.05, 3.63) is 35.4 Å². The van der Waals surface area contributed by atoms with Gasteiger partial charge >= 0.3 is 12.1 Å². The number of nitrogens with one attached hydrogen (secondary N) is 1. The van der Waals surface area contributed by atoms with Gasteiger partial charge in [0.15, 0.2) is 0 Å². The molecular weight excluding hydrogens is 243 g/mol. The first-order chi connectivity index (χ1) is 8.12. The second-order valence-electron chi connectivity index (χ2n) is 5.09. The quantitative estimate of drug-likeness (QED) is 0.868. The SMILES string of the molecule is CC(C)(C)c1ccccc1CNC(=O)C(F)(F)F. The maximum atomic E-state index is 12.1. The molecule has 0 heterocycles. The van der Waals surface area contributed by atoms with Crippen molar-refractivity contribution in [2.24, 2.45) is 0 Å². The molecule has 2 nitrogen and oxygen atoms in total. The molecule has 18 heavy (non-hydrogen) atoms. The van der Waals surface area contributed by atoms with Gasteiger partial charge in [-0.2, -0.15) is 13.2 Å². The number of benzene rings is 1. The minimum atomic E-state index is -4.84. The van der Waals surface area contributed by atoms with Crippen molar-refractivity contribution in [3.8, 4) is 0 Å². The van der Waals surface area contributed by atoms with Crippen LogP contribution >= 0.6 is 0 Å². The zero-order valence-corrected chi connectivity index (χ0v) is 10.6. The Morgan fingerprint density at radius 1 is 1.17 bits per heavy atom. The molecule has 0 aliphatic heterocycles. The highest BCUT2D eigenvalue weighted by atomic mass is 19.4. The van der Waals surface area contributed by atoms with E-state index < -0.39 is 12.1 Å². The number of carbonyl (C=O) groups excluding carboxylic acids is 1. The molecule has 1 N–H and O–H groups in total. The number of halogens is 3. The minimum Gasteiger partial charge on any atom is -0.344 e. The summed E-state index contributed by atoms with van der Waals surface area (Å²) in [5.41, 5.74) is 1.44. The van der Waals surface area contributed by atoms with Gasteiger partial charge in [0.05, 0.1) is 0 Å². The summed E-state index contributed by atoms with van der Waals surface area (Å²) >= 11 is 0. The molecule has 0 aliphatic carbocycles. The first-order valence-electron chi connectivity index (χ1n) is 5.56. The summed E-state index contributed by atoms with van der Waals surface area (Å²) in [6.45, 7) is 5.79. The summed E-state index contributed by atoms with van der Waals surface area (Å²) in [4.78, 5) is 10.8. The molecule has 100 valence electrons. The molecule has 1 amide bonds. The van der Waals surface area contributed by atoms with E-state index in [2.05, 4.69) is 0 Å². The van der Waals surface area contributed by atoms with Crippen LogP contribution in [0.1, 0.15) is 31.9 Å². The average molecular weight is 259 g/mol. The van der Waals surface area contributed by atoms with Gasteiger partial charge in [0.2, 0.25) is 0 Å². The zero-order valence-electron chi connectivity index (χ0n) is 10.6. The molecule has 1 aromatic carbocycles. The Morgan fingerprint density at radius 3 is 2.22 bits per heavy atom. The monoisotopic (exact) mass is 259 g/mol. The standard InChI is InChI=1S/C13H16F3NO/c1-12(2,3)10-7-5-4-6-9(10)8-17-11(18)13(14,15)16/h4-7H,8H2,1-3H3,(H,17,18). The van der Waals surface area contributed by atoms with Crippen LogP contribution in [0.25, 0.3) is 0 Å². The lowest BCUT2D eigenvalue weighted by molar-refractivity contribution is -0.173. The topological polar surface area (TPSA) is 29.1 Å². The van der Waals surface area contributed by atoms with E-state index in [0.717, 1.165) is 5.56 Å². The molecule has 0 radical (unpaired) electrons. The molecule has 0 aromatic heterocycles. The van der Waals surface area contributed by atoms with Gasteiger partial charge in [-0.25, -0.2) is 0 Å². The van der Waals surface area contributed by atoms with Crippen LogP contribution in [-0.2, 0) is 16.8 Å². The third-order valence-corrected chi connectivity index (χ3v) is 2.52. The Kier molecular flexibility index (Phi) is 4.04. The highest BCUT2D eigenvalue weighted by molar-refractivity contribution is 5.81. The Morgan fingerprint density at radius 2 is 1.72 bits per heavy atom. The second-order valence-corrected chi connectivity index (χ2v) is 5.09.